The fourth-order valence-electron chi connectivity index (χ4n) is 2.43. The molecule has 1 heterocycles. The number of nitrogens with zero attached hydrogens (tertiary/aromatic N) is 1. The highest BCUT2D eigenvalue weighted by molar-refractivity contribution is 5.89. The minimum Gasteiger partial charge on any atom is -0.481 e. The van der Waals surface area contributed by atoms with E-state index in [-0.39, 0.29) is 24.8 Å². The number of rotatable bonds is 5. The lowest BCUT2D eigenvalue weighted by Crippen LogP contribution is -2.36. The van der Waals surface area contributed by atoms with E-state index < -0.39 is 23.6 Å². The summed E-state index contributed by atoms with van der Waals surface area (Å²) in [6, 6.07) is 5.12. The molecule has 6 nitrogen and oxygen atoms in total. The standard InChI is InChI=1S/C15H17FN2O4/c1-18-8-10(6-13(18)19)14(20)17-7-12(15(21)22)9-2-4-11(16)5-3-9/h2-5,10,12H,6-8H2,1H3,(H,17,20)(H,21,22). The van der Waals surface area contributed by atoms with Gasteiger partial charge in [0.2, 0.25) is 11.8 Å². The largest absolute Gasteiger partial charge is 0.481 e. The van der Waals surface area contributed by atoms with Gasteiger partial charge in [0.15, 0.2) is 0 Å². The minimum atomic E-state index is -1.11. The van der Waals surface area contributed by atoms with E-state index in [0.29, 0.717) is 12.1 Å². The molecule has 0 aliphatic carbocycles. The van der Waals surface area contributed by atoms with Crippen molar-refractivity contribution < 1.29 is 23.9 Å². The van der Waals surface area contributed by atoms with Crippen LogP contribution in [-0.2, 0) is 14.4 Å². The highest BCUT2D eigenvalue weighted by Gasteiger charge is 2.32. The smallest absolute Gasteiger partial charge is 0.312 e. The maximum atomic E-state index is 12.9. The van der Waals surface area contributed by atoms with Gasteiger partial charge in [0, 0.05) is 26.6 Å². The fourth-order valence-corrected chi connectivity index (χ4v) is 2.43. The van der Waals surface area contributed by atoms with Crippen molar-refractivity contribution in [1.29, 1.82) is 0 Å². The number of carboxylic acids is 1. The maximum absolute atomic E-state index is 12.9. The molecule has 0 spiro atoms. The highest BCUT2D eigenvalue weighted by Crippen LogP contribution is 2.18. The van der Waals surface area contributed by atoms with Gasteiger partial charge in [-0.2, -0.15) is 0 Å². The average molecular weight is 308 g/mol. The van der Waals surface area contributed by atoms with Crippen LogP contribution < -0.4 is 5.32 Å². The lowest BCUT2D eigenvalue weighted by molar-refractivity contribution is -0.139. The van der Waals surface area contributed by atoms with Crippen molar-refractivity contribution in [1.82, 2.24) is 10.2 Å². The molecule has 2 atom stereocenters. The topological polar surface area (TPSA) is 86.7 Å². The SMILES string of the molecule is CN1CC(C(=O)NCC(C(=O)O)c2ccc(F)cc2)CC1=O. The molecule has 1 aromatic rings. The first-order valence-corrected chi connectivity index (χ1v) is 6.88. The molecule has 1 aromatic carbocycles. The number of hydrogen-bond donors (Lipinski definition) is 2. The Morgan fingerprint density at radius 2 is 2.05 bits per heavy atom. The molecule has 7 heteroatoms. The number of benzene rings is 1. The number of aliphatic carboxylic acids is 1. The third-order valence-corrected chi connectivity index (χ3v) is 3.76. The van der Waals surface area contributed by atoms with Gasteiger partial charge in [-0.1, -0.05) is 12.1 Å². The van der Waals surface area contributed by atoms with Crippen LogP contribution in [0.25, 0.3) is 0 Å². The second kappa shape index (κ2) is 6.55. The van der Waals surface area contributed by atoms with Gasteiger partial charge in [0.25, 0.3) is 0 Å². The lowest BCUT2D eigenvalue weighted by Gasteiger charge is -2.16. The van der Waals surface area contributed by atoms with Gasteiger partial charge in [-0.05, 0) is 17.7 Å². The lowest BCUT2D eigenvalue weighted by atomic mass is 9.98. The third kappa shape index (κ3) is 3.60. The molecule has 0 radical (unpaired) electrons. The number of halogens is 1. The number of nitrogens with one attached hydrogen (secondary N) is 1. The van der Waals surface area contributed by atoms with Gasteiger partial charge >= 0.3 is 5.97 Å². The van der Waals surface area contributed by atoms with Crippen LogP contribution in [0.5, 0.6) is 0 Å². The molecule has 1 aliphatic heterocycles. The third-order valence-electron chi connectivity index (χ3n) is 3.76. The summed E-state index contributed by atoms with van der Waals surface area (Å²) in [6.45, 7) is 0.229. The van der Waals surface area contributed by atoms with Crippen LogP contribution in [0.2, 0.25) is 0 Å². The molecule has 0 bridgehead atoms. The first-order chi connectivity index (χ1) is 10.4. The Balaban J connectivity index is 1.98. The molecule has 1 aliphatic rings. The Hall–Kier alpha value is -2.44. The van der Waals surface area contributed by atoms with Crippen LogP contribution >= 0.6 is 0 Å². The summed E-state index contributed by atoms with van der Waals surface area (Å²) >= 11 is 0. The minimum absolute atomic E-state index is 0.103. The van der Waals surface area contributed by atoms with Crippen molar-refractivity contribution in [3.8, 4) is 0 Å². The normalized spacial score (nSPS) is 19.1. The predicted octanol–water partition coefficient (Wildman–Crippen LogP) is 0.588. The van der Waals surface area contributed by atoms with Crippen molar-refractivity contribution in [2.45, 2.75) is 12.3 Å². The molecule has 2 unspecified atom stereocenters. The number of hydrogen-bond acceptors (Lipinski definition) is 3. The number of amides is 2. The Bertz CT molecular complexity index is 588. The summed E-state index contributed by atoms with van der Waals surface area (Å²) in [7, 11) is 1.62. The van der Waals surface area contributed by atoms with Gasteiger partial charge in [-0.15, -0.1) is 0 Å². The number of carboxylic acid groups (broad SMARTS) is 1. The van der Waals surface area contributed by atoms with Crippen LogP contribution in [0, 0.1) is 11.7 Å². The zero-order chi connectivity index (χ0) is 16.3. The van der Waals surface area contributed by atoms with Crippen molar-refractivity contribution >= 4 is 17.8 Å². The summed E-state index contributed by atoms with van der Waals surface area (Å²) < 4.78 is 12.9. The van der Waals surface area contributed by atoms with Gasteiger partial charge in [0.1, 0.15) is 5.82 Å². The van der Waals surface area contributed by atoms with Gasteiger partial charge in [-0.3, -0.25) is 14.4 Å². The summed E-state index contributed by atoms with van der Waals surface area (Å²) in [4.78, 5) is 36.2. The first kappa shape index (κ1) is 15.9. The van der Waals surface area contributed by atoms with Crippen LogP contribution in [0.3, 0.4) is 0 Å². The molecule has 0 saturated carbocycles. The van der Waals surface area contributed by atoms with Crippen molar-refractivity contribution in [3.05, 3.63) is 35.6 Å². The summed E-state index contributed by atoms with van der Waals surface area (Å²) in [5.41, 5.74) is 0.411. The van der Waals surface area contributed by atoms with E-state index in [2.05, 4.69) is 5.32 Å². The quantitative estimate of drug-likeness (QED) is 0.833. The van der Waals surface area contributed by atoms with Gasteiger partial charge < -0.3 is 15.3 Å². The zero-order valence-corrected chi connectivity index (χ0v) is 12.1. The van der Waals surface area contributed by atoms with Crippen molar-refractivity contribution in [2.75, 3.05) is 20.1 Å². The van der Waals surface area contributed by atoms with E-state index in [9.17, 15) is 23.9 Å². The average Bonchev–Trinajstić information content (AvgIpc) is 2.80. The van der Waals surface area contributed by atoms with E-state index in [1.807, 2.05) is 0 Å². The number of carbonyl (C=O) groups is 3. The molecule has 1 fully saturated rings. The fraction of sp³-hybridized carbons (Fsp3) is 0.400. The second-order valence-corrected chi connectivity index (χ2v) is 5.36. The Labute approximate surface area is 126 Å². The maximum Gasteiger partial charge on any atom is 0.312 e. The Morgan fingerprint density at radius 3 is 2.55 bits per heavy atom. The van der Waals surface area contributed by atoms with Crippen LogP contribution in [-0.4, -0.2) is 47.9 Å². The molecule has 22 heavy (non-hydrogen) atoms. The molecule has 2 amide bonds. The van der Waals surface area contributed by atoms with E-state index in [1.165, 1.54) is 29.2 Å². The van der Waals surface area contributed by atoms with Crippen LogP contribution in [0.15, 0.2) is 24.3 Å². The molecular weight excluding hydrogens is 291 g/mol. The number of likely N-dealkylation sites (tertiary alicyclic amines) is 1. The number of carbonyl (C=O) groups excluding carboxylic acids is 2. The van der Waals surface area contributed by atoms with Gasteiger partial charge in [-0.25, -0.2) is 4.39 Å². The molecule has 2 N–H and O–H groups in total. The van der Waals surface area contributed by atoms with Crippen molar-refractivity contribution in [2.24, 2.45) is 5.92 Å². The van der Waals surface area contributed by atoms with E-state index in [0.717, 1.165) is 0 Å². The van der Waals surface area contributed by atoms with E-state index in [4.69, 9.17) is 0 Å². The van der Waals surface area contributed by atoms with E-state index >= 15 is 0 Å². The highest BCUT2D eigenvalue weighted by atomic mass is 19.1. The summed E-state index contributed by atoms with van der Waals surface area (Å²) in [6.07, 6.45) is 0.136. The Morgan fingerprint density at radius 1 is 1.41 bits per heavy atom. The molecule has 1 saturated heterocycles. The first-order valence-electron chi connectivity index (χ1n) is 6.88. The monoisotopic (exact) mass is 308 g/mol. The van der Waals surface area contributed by atoms with Gasteiger partial charge in [0.05, 0.1) is 11.8 Å². The van der Waals surface area contributed by atoms with Crippen LogP contribution in [0.1, 0.15) is 17.9 Å². The Kier molecular flexibility index (Phi) is 4.75. The molecule has 118 valence electrons. The summed E-state index contributed by atoms with van der Waals surface area (Å²) in [5.74, 6) is -3.42. The predicted molar refractivity (Wildman–Crippen MR) is 75.5 cm³/mol. The zero-order valence-electron chi connectivity index (χ0n) is 12.1. The molecular formula is C15H17FN2O4. The second-order valence-electron chi connectivity index (χ2n) is 5.36. The van der Waals surface area contributed by atoms with Crippen LogP contribution in [0.4, 0.5) is 4.39 Å². The summed E-state index contributed by atoms with van der Waals surface area (Å²) in [5, 5.41) is 11.8. The molecule has 0 aromatic heterocycles. The van der Waals surface area contributed by atoms with E-state index in [1.54, 1.807) is 7.05 Å². The van der Waals surface area contributed by atoms with Crippen molar-refractivity contribution in [3.63, 3.8) is 0 Å². The molecule has 2 rings (SSSR count).